The maximum atomic E-state index is 13.0. The Hall–Kier alpha value is -12.7. The molecule has 2 aliphatic heterocycles. The normalized spacial score (nSPS) is 12.3. The van der Waals surface area contributed by atoms with Crippen molar-refractivity contribution in [3.63, 3.8) is 0 Å². The molecule has 0 spiro atoms. The zero-order valence-corrected chi connectivity index (χ0v) is 64.6. The van der Waals surface area contributed by atoms with E-state index in [1.165, 1.54) is 45.2 Å². The molecule has 2 aliphatic carbocycles. The Bertz CT molecular complexity index is 6600. The van der Waals surface area contributed by atoms with Crippen molar-refractivity contribution in [2.75, 3.05) is 5.32 Å². The zero-order chi connectivity index (χ0) is 77.7. The van der Waals surface area contributed by atoms with Crippen molar-refractivity contribution in [3.8, 4) is 39.9 Å². The second-order valence-corrected chi connectivity index (χ2v) is 29.1. The van der Waals surface area contributed by atoms with E-state index in [0.29, 0.717) is 93.5 Å². The standard InChI is InChI=1S/C34H22Cl2N4O2.C24H16Cl3N3O2.C14H8O2.C13H10.C10H8/c1-3-39-21-11-7-5-9-17(21)25-23(39)15-13-19-31(25)41-33-27(35)30-34(28(36)29(33)37-19)42-32-20(38-30)14-16-24-26(32)18-10-6-8-12-22(18)40(24)4-2;1-13-6-2-5-9-20(13)28-24(32)16-10-14-7-3-4-8-15(14)22(23(16)31)30-29-21-12-18(26)17(25)11-19(21)27;15-13-9-5-1-2-6-10(9)14(16)12-8-4-3-7-11(12)13;1-3-7-12-10(5-1)9-11-6-2-4-8-13(11)12;1-2-6-10-8-4-3-7-9(10)5-1/h5-16H,3-4H2,1-2H3;2-12,31H,1H3,(H,28,32);1-8H;1-8H,9H2;1-8H. The van der Waals surface area contributed by atoms with E-state index in [2.05, 4.69) is 184 Å². The van der Waals surface area contributed by atoms with Gasteiger partial charge < -0.3 is 29.0 Å². The Morgan fingerprint density at radius 3 is 1.32 bits per heavy atom. The number of carbonyl (C=O) groups is 3. The largest absolute Gasteiger partial charge is 0.505 e. The van der Waals surface area contributed by atoms with Gasteiger partial charge in [0, 0.05) is 68.2 Å². The highest BCUT2D eigenvalue weighted by Crippen LogP contribution is 2.51. The number of nitrogens with one attached hydrogen (secondary N) is 1. The van der Waals surface area contributed by atoms with Crippen LogP contribution in [0.25, 0.3) is 76.3 Å². The van der Waals surface area contributed by atoms with Gasteiger partial charge in [-0.2, -0.15) is 0 Å². The monoisotopic (exact) mass is 1570 g/mol. The highest BCUT2D eigenvalue weighted by Gasteiger charge is 2.32. The number of aryl methyl sites for hydroxylation is 3. The Morgan fingerprint density at radius 1 is 0.434 bits per heavy atom. The number of nitrogens with zero attached hydrogens (tertiary/aromatic N) is 6. The number of aromatic hydroxyl groups is 1. The molecule has 550 valence electrons. The topological polar surface area (TPSA) is 161 Å². The second-order valence-electron chi connectivity index (χ2n) is 27.2. The van der Waals surface area contributed by atoms with Crippen LogP contribution >= 0.6 is 58.0 Å². The molecule has 0 radical (unpaired) electrons. The summed E-state index contributed by atoms with van der Waals surface area (Å²) in [4.78, 5) is 47.2. The molecular weight excluding hydrogens is 1510 g/mol. The van der Waals surface area contributed by atoms with Crippen LogP contribution in [0.2, 0.25) is 25.1 Å². The van der Waals surface area contributed by atoms with Gasteiger partial charge in [-0.3, -0.25) is 14.4 Å². The van der Waals surface area contributed by atoms with Crippen molar-refractivity contribution < 1.29 is 29.0 Å². The van der Waals surface area contributed by atoms with Crippen molar-refractivity contribution in [1.82, 2.24) is 9.13 Å². The molecule has 0 saturated heterocycles. The lowest BCUT2D eigenvalue weighted by atomic mass is 9.84. The predicted molar refractivity (Wildman–Crippen MR) is 457 cm³/mol. The third-order valence-electron chi connectivity index (χ3n) is 20.6. The fraction of sp³-hybridized carbons (Fsp3) is 0.0632. The number of hydrogen-bond acceptors (Lipinski definition) is 10. The number of ketones is 2. The zero-order valence-electron chi connectivity index (χ0n) is 60.8. The number of aromatic nitrogens is 2. The van der Waals surface area contributed by atoms with Crippen LogP contribution in [0.5, 0.6) is 28.7 Å². The molecule has 18 heteroatoms. The van der Waals surface area contributed by atoms with E-state index in [1.54, 1.807) is 72.8 Å². The van der Waals surface area contributed by atoms with E-state index >= 15 is 0 Å². The first kappa shape index (κ1) is 73.1. The first-order valence-corrected chi connectivity index (χ1v) is 38.5. The quantitative estimate of drug-likeness (QED) is 0.124. The summed E-state index contributed by atoms with van der Waals surface area (Å²) in [5.74, 6) is 1.19. The molecule has 0 unspecified atom stereocenters. The smallest absolute Gasteiger partial charge is 0.259 e. The molecule has 15 aromatic carbocycles. The van der Waals surface area contributed by atoms with Gasteiger partial charge in [0.25, 0.3) is 5.91 Å². The van der Waals surface area contributed by atoms with Crippen molar-refractivity contribution in [3.05, 3.63) is 365 Å². The summed E-state index contributed by atoms with van der Waals surface area (Å²) in [5.41, 5.74) is 15.6. The molecule has 13 nitrogen and oxygen atoms in total. The summed E-state index contributed by atoms with van der Waals surface area (Å²) in [6.07, 6.45) is 1.10. The van der Waals surface area contributed by atoms with Crippen molar-refractivity contribution in [2.45, 2.75) is 40.3 Å². The summed E-state index contributed by atoms with van der Waals surface area (Å²) < 4.78 is 17.8. The molecule has 4 heterocycles. The molecule has 2 N–H and O–H groups in total. The Balaban J connectivity index is 0.000000113. The van der Waals surface area contributed by atoms with Crippen molar-refractivity contribution in [2.24, 2.45) is 20.2 Å². The minimum absolute atomic E-state index is 0.0641. The number of fused-ring (bicyclic) bond motifs is 19. The van der Waals surface area contributed by atoms with Crippen molar-refractivity contribution in [1.29, 1.82) is 0 Å². The Labute approximate surface area is 673 Å². The lowest BCUT2D eigenvalue weighted by Crippen LogP contribution is -2.22. The molecule has 4 aliphatic rings. The van der Waals surface area contributed by atoms with Crippen LogP contribution in [0.3, 0.4) is 0 Å². The molecule has 113 heavy (non-hydrogen) atoms. The van der Waals surface area contributed by atoms with Crippen LogP contribution in [0, 0.1) is 6.92 Å². The van der Waals surface area contributed by atoms with Crippen LogP contribution in [0.4, 0.5) is 28.4 Å². The summed E-state index contributed by atoms with van der Waals surface area (Å²) >= 11 is 32.3. The van der Waals surface area contributed by atoms with Gasteiger partial charge in [0.15, 0.2) is 40.3 Å². The highest BCUT2D eigenvalue weighted by molar-refractivity contribution is 6.44. The third-order valence-corrected chi connectivity index (χ3v) is 22.3. The summed E-state index contributed by atoms with van der Waals surface area (Å²) in [6.45, 7) is 7.83. The number of phenols is 1. The van der Waals surface area contributed by atoms with E-state index in [1.807, 2.05) is 61.5 Å². The fourth-order valence-corrected chi connectivity index (χ4v) is 16.3. The van der Waals surface area contributed by atoms with Crippen molar-refractivity contribution >= 4 is 169 Å². The van der Waals surface area contributed by atoms with Gasteiger partial charge in [0.1, 0.15) is 43.5 Å². The number of phenolic OH excluding ortho intramolecular Hbond substituents is 1. The molecule has 0 atom stereocenters. The summed E-state index contributed by atoms with van der Waals surface area (Å²) in [5, 5.41) is 32.6. The van der Waals surface area contributed by atoms with Gasteiger partial charge in [-0.15, -0.1) is 10.2 Å². The number of halogens is 5. The van der Waals surface area contributed by atoms with Gasteiger partial charge in [0.05, 0.1) is 42.4 Å². The third kappa shape index (κ3) is 13.5. The predicted octanol–water partition coefficient (Wildman–Crippen LogP) is 26.4. The number of carbonyl (C=O) groups excluding carboxylic acids is 3. The average molecular weight is 1580 g/mol. The minimum atomic E-state index is -0.466. The van der Waals surface area contributed by atoms with Crippen LogP contribution in [0.15, 0.2) is 305 Å². The molecule has 21 rings (SSSR count). The number of rotatable bonds is 6. The number of anilines is 1. The van der Waals surface area contributed by atoms with Gasteiger partial charge in [-0.1, -0.05) is 282 Å². The maximum absolute atomic E-state index is 13.0. The van der Waals surface area contributed by atoms with Gasteiger partial charge in [0.2, 0.25) is 0 Å². The van der Waals surface area contributed by atoms with E-state index in [0.717, 1.165) is 74.1 Å². The van der Waals surface area contributed by atoms with Crippen LogP contribution in [0.1, 0.15) is 72.7 Å². The number of benzene rings is 15. The second kappa shape index (κ2) is 30.9. The van der Waals surface area contributed by atoms with E-state index in [-0.39, 0.29) is 44.3 Å². The lowest BCUT2D eigenvalue weighted by Gasteiger charge is -2.22. The summed E-state index contributed by atoms with van der Waals surface area (Å²) in [7, 11) is 0. The van der Waals surface area contributed by atoms with Crippen LogP contribution in [-0.2, 0) is 19.5 Å². The van der Waals surface area contributed by atoms with Gasteiger partial charge >= 0.3 is 0 Å². The van der Waals surface area contributed by atoms with E-state index in [9.17, 15) is 19.5 Å². The van der Waals surface area contributed by atoms with Crippen LogP contribution < -0.4 is 25.5 Å². The van der Waals surface area contributed by atoms with Gasteiger partial charge in [-0.05, 0) is 132 Å². The summed E-state index contributed by atoms with van der Waals surface area (Å²) in [6, 6.07) is 91.9. The molecule has 2 aromatic heterocycles. The minimum Gasteiger partial charge on any atom is -0.505 e. The number of azo groups is 1. The first-order chi connectivity index (χ1) is 55.1. The molecule has 0 bridgehead atoms. The Kier molecular flexibility index (Phi) is 20.0. The maximum Gasteiger partial charge on any atom is 0.259 e. The number of hydrogen-bond donors (Lipinski definition) is 2. The Morgan fingerprint density at radius 2 is 0.841 bits per heavy atom. The van der Waals surface area contributed by atoms with Gasteiger partial charge in [-0.25, -0.2) is 9.98 Å². The van der Waals surface area contributed by atoms with E-state index in [4.69, 9.17) is 77.5 Å². The number of amides is 1. The fourth-order valence-electron chi connectivity index (χ4n) is 15.2. The molecule has 0 fully saturated rings. The number of para-hydroxylation sites is 3. The van der Waals surface area contributed by atoms with Crippen LogP contribution in [-0.4, -0.2) is 31.7 Å². The lowest BCUT2D eigenvalue weighted by molar-refractivity contribution is 0.0979. The van der Waals surface area contributed by atoms with E-state index < -0.39 is 5.91 Å². The molecule has 1 amide bonds. The first-order valence-electron chi connectivity index (χ1n) is 36.6. The average Bonchev–Trinajstić information content (AvgIpc) is 1.62. The highest BCUT2D eigenvalue weighted by atomic mass is 35.5. The SMILES string of the molecule is CCn1c2ccccc2c2c3c(ccc21)N=c1c(Cl)c2c(c(Cl)c1O3)=Nc1ccc3c(c1O2)c1ccccc1n3CC.Cc1ccccc1NC(=O)c1cc2ccccc2c(N=Nc2cc(Cl)c(Cl)cc2Cl)c1O.O=C1c2ccccc2C(=O)c2ccccc21.c1ccc2c(c1)Cc1ccccc1-2.c1ccc2ccccc2c1. The number of ether oxygens (including phenoxy) is 2. The molecular formula is C95H64Cl5N7O6. The molecule has 17 aromatic rings. The molecule has 0 saturated carbocycles.